The van der Waals surface area contributed by atoms with Crippen LogP contribution in [0.5, 0.6) is 0 Å². The number of nitro benzene ring substituents is 1. The van der Waals surface area contributed by atoms with Gasteiger partial charge in [-0.3, -0.25) is 0 Å². The summed E-state index contributed by atoms with van der Waals surface area (Å²) in [7, 11) is 0. The molecular formula is C26H27NO4Se2. The molecule has 0 spiro atoms. The number of nitro groups is 1. The van der Waals surface area contributed by atoms with E-state index in [9.17, 15) is 20.3 Å². The number of aliphatic hydroxyl groups excluding tert-OH is 2. The van der Waals surface area contributed by atoms with Crippen molar-refractivity contribution in [2.24, 2.45) is 5.92 Å². The van der Waals surface area contributed by atoms with E-state index in [1.165, 1.54) is 35.9 Å². The first-order chi connectivity index (χ1) is 16.0. The van der Waals surface area contributed by atoms with Gasteiger partial charge in [0, 0.05) is 0 Å². The first kappa shape index (κ1) is 24.2. The van der Waals surface area contributed by atoms with Gasteiger partial charge in [0.05, 0.1) is 0 Å². The van der Waals surface area contributed by atoms with Gasteiger partial charge in [0.15, 0.2) is 0 Å². The maximum atomic E-state index is 11.1. The summed E-state index contributed by atoms with van der Waals surface area (Å²) in [5.74, 6) is 0.347. The second-order valence-electron chi connectivity index (χ2n) is 8.34. The van der Waals surface area contributed by atoms with Crippen LogP contribution in [-0.4, -0.2) is 41.4 Å². The zero-order chi connectivity index (χ0) is 23.2. The van der Waals surface area contributed by atoms with Crippen LogP contribution in [0.2, 0.25) is 0 Å². The van der Waals surface area contributed by atoms with Crippen LogP contribution in [0.25, 0.3) is 0 Å². The molecule has 1 aliphatic rings. The van der Waals surface area contributed by atoms with E-state index in [0.717, 1.165) is 28.4 Å². The fraction of sp³-hybridized carbons (Fsp3) is 0.308. The van der Waals surface area contributed by atoms with Crippen LogP contribution < -0.4 is 8.92 Å². The number of hydrogen-bond donors (Lipinski definition) is 2. The Balaban J connectivity index is 1.52. The third-order valence-electron chi connectivity index (χ3n) is 6.19. The van der Waals surface area contributed by atoms with Crippen molar-refractivity contribution in [3.05, 3.63) is 99.6 Å². The Hall–Kier alpha value is -1.98. The monoisotopic (exact) mass is 577 g/mol. The van der Waals surface area contributed by atoms with Crippen LogP contribution in [0.4, 0.5) is 5.69 Å². The Morgan fingerprint density at radius 2 is 1.33 bits per heavy atom. The minimum absolute atomic E-state index is 0.0138. The van der Waals surface area contributed by atoms with Crippen LogP contribution in [0.15, 0.2) is 72.8 Å². The zero-order valence-corrected chi connectivity index (χ0v) is 21.6. The van der Waals surface area contributed by atoms with E-state index in [4.69, 9.17) is 0 Å². The molecule has 3 aromatic carbocycles. The van der Waals surface area contributed by atoms with Crippen molar-refractivity contribution in [2.75, 3.05) is 0 Å². The summed E-state index contributed by atoms with van der Waals surface area (Å²) in [6.45, 7) is 0. The number of aliphatic hydroxyl groups is 2. The molecule has 0 radical (unpaired) electrons. The zero-order valence-electron chi connectivity index (χ0n) is 18.2. The number of hydrogen-bond acceptors (Lipinski definition) is 4. The van der Waals surface area contributed by atoms with E-state index in [2.05, 4.69) is 18.2 Å². The average Bonchev–Trinajstić information content (AvgIpc) is 2.87. The molecule has 3 aromatic rings. The minimum atomic E-state index is -0.831. The first-order valence-electron chi connectivity index (χ1n) is 11.2. The van der Waals surface area contributed by atoms with Gasteiger partial charge in [0.1, 0.15) is 0 Å². The predicted molar refractivity (Wildman–Crippen MR) is 132 cm³/mol. The van der Waals surface area contributed by atoms with E-state index >= 15 is 0 Å². The Morgan fingerprint density at radius 3 is 1.94 bits per heavy atom. The van der Waals surface area contributed by atoms with Crippen LogP contribution in [-0.2, 0) is 0 Å². The van der Waals surface area contributed by atoms with Gasteiger partial charge in [0.2, 0.25) is 0 Å². The third-order valence-corrected chi connectivity index (χ3v) is 13.5. The summed E-state index contributed by atoms with van der Waals surface area (Å²) < 4.78 is 2.36. The Labute approximate surface area is 205 Å². The van der Waals surface area contributed by atoms with Crippen LogP contribution in [0.1, 0.15) is 61.0 Å². The fourth-order valence-electron chi connectivity index (χ4n) is 4.33. The summed E-state index contributed by atoms with van der Waals surface area (Å²) in [4.78, 5) is 10.5. The van der Waals surface area contributed by atoms with E-state index in [1.807, 2.05) is 30.3 Å². The molecule has 5 nitrogen and oxygen atoms in total. The summed E-state index contributed by atoms with van der Waals surface area (Å²) in [5.41, 5.74) is 2.57. The summed E-state index contributed by atoms with van der Waals surface area (Å²) in [6.07, 6.45) is 4.63. The summed E-state index contributed by atoms with van der Waals surface area (Å²) >= 11 is 0.276. The van der Waals surface area contributed by atoms with Crippen molar-refractivity contribution in [3.8, 4) is 0 Å². The molecule has 0 aliphatic heterocycles. The summed E-state index contributed by atoms with van der Waals surface area (Å²) in [5, 5.41) is 33.1. The number of rotatable bonds is 8. The Kier molecular flexibility index (Phi) is 8.37. The molecule has 1 fully saturated rings. The number of nitrogens with zero attached hydrogens (tertiary/aromatic N) is 1. The van der Waals surface area contributed by atoms with Crippen LogP contribution >= 0.6 is 0 Å². The molecular weight excluding hydrogens is 548 g/mol. The van der Waals surface area contributed by atoms with Crippen molar-refractivity contribution in [1.29, 1.82) is 0 Å². The topological polar surface area (TPSA) is 83.6 Å². The van der Waals surface area contributed by atoms with E-state index in [1.54, 1.807) is 12.1 Å². The number of non-ortho nitro benzene ring substituents is 1. The molecule has 1 saturated carbocycles. The summed E-state index contributed by atoms with van der Waals surface area (Å²) in [6, 6.07) is 22.3. The molecule has 0 bridgehead atoms. The molecule has 0 amide bonds. The molecule has 2 unspecified atom stereocenters. The van der Waals surface area contributed by atoms with Gasteiger partial charge in [0.25, 0.3) is 0 Å². The number of benzene rings is 3. The average molecular weight is 575 g/mol. The Morgan fingerprint density at radius 1 is 0.788 bits per heavy atom. The van der Waals surface area contributed by atoms with Crippen molar-refractivity contribution in [1.82, 2.24) is 0 Å². The van der Waals surface area contributed by atoms with Crippen molar-refractivity contribution in [3.63, 3.8) is 0 Å². The molecule has 2 atom stereocenters. The van der Waals surface area contributed by atoms with Gasteiger partial charge < -0.3 is 0 Å². The van der Waals surface area contributed by atoms with Crippen LogP contribution in [0, 0.1) is 16.0 Å². The predicted octanol–water partition coefficient (Wildman–Crippen LogP) is 3.56. The quantitative estimate of drug-likeness (QED) is 0.245. The molecule has 172 valence electrons. The molecule has 7 heteroatoms. The fourth-order valence-corrected chi connectivity index (χ4v) is 11.7. The van der Waals surface area contributed by atoms with Crippen molar-refractivity contribution >= 4 is 40.9 Å². The normalized spacial score (nSPS) is 16.3. The van der Waals surface area contributed by atoms with Gasteiger partial charge >= 0.3 is 206 Å². The standard InChI is InChI=1S/C26H27NO4Se2/c28-25(18-8-2-1-3-9-18)21-10-4-6-12-23(21)32-33-24-13-7-5-11-22(24)26(29)19-14-16-20(17-15-19)27(30)31/h4-7,10-18,25-26,28-29H,1-3,8-9H2. The van der Waals surface area contributed by atoms with Crippen molar-refractivity contribution in [2.45, 2.75) is 44.3 Å². The molecule has 33 heavy (non-hydrogen) atoms. The second kappa shape index (κ2) is 11.4. The van der Waals surface area contributed by atoms with Gasteiger partial charge in [-0.1, -0.05) is 0 Å². The van der Waals surface area contributed by atoms with Crippen LogP contribution in [0.3, 0.4) is 0 Å². The molecule has 0 heterocycles. The maximum absolute atomic E-state index is 11.1. The van der Waals surface area contributed by atoms with E-state index in [-0.39, 0.29) is 32.0 Å². The van der Waals surface area contributed by atoms with Gasteiger partial charge in [-0.15, -0.1) is 0 Å². The second-order valence-corrected chi connectivity index (χ2v) is 14.5. The van der Waals surface area contributed by atoms with Gasteiger partial charge in [-0.05, 0) is 0 Å². The first-order valence-corrected chi connectivity index (χ1v) is 17.2. The third kappa shape index (κ3) is 5.93. The SMILES string of the molecule is O=[N+]([O-])c1ccc(C(O)c2ccccc2[Se][Se]c2ccccc2C(O)C2CCCCC2)cc1. The molecule has 1 aliphatic carbocycles. The Bertz CT molecular complexity index is 1080. The van der Waals surface area contributed by atoms with Gasteiger partial charge in [-0.2, -0.15) is 0 Å². The van der Waals surface area contributed by atoms with Gasteiger partial charge in [-0.25, -0.2) is 0 Å². The van der Waals surface area contributed by atoms with E-state index < -0.39 is 17.1 Å². The van der Waals surface area contributed by atoms with E-state index in [0.29, 0.717) is 11.5 Å². The molecule has 0 aromatic heterocycles. The molecule has 2 N–H and O–H groups in total. The molecule has 4 rings (SSSR count). The molecule has 0 saturated heterocycles. The van der Waals surface area contributed by atoms with Crippen molar-refractivity contribution < 1.29 is 15.1 Å².